The second-order valence-electron chi connectivity index (χ2n) is 5.87. The number of carbonyl (C=O) groups excluding carboxylic acids is 1. The molecule has 1 aromatic heterocycles. The molecule has 0 radical (unpaired) electrons. The number of aromatic nitrogens is 2. The maximum absolute atomic E-state index is 12.0. The van der Waals surface area contributed by atoms with Crippen molar-refractivity contribution in [1.82, 2.24) is 20.4 Å². The summed E-state index contributed by atoms with van der Waals surface area (Å²) in [7, 11) is 0. The van der Waals surface area contributed by atoms with Crippen molar-refractivity contribution in [3.63, 3.8) is 0 Å². The Labute approximate surface area is 152 Å². The molecule has 140 valence electrons. The number of nitrogens with one attached hydrogen (secondary N) is 2. The molecule has 0 saturated carbocycles. The number of amides is 1. The maximum atomic E-state index is 12.0. The van der Waals surface area contributed by atoms with E-state index < -0.39 is 0 Å². The highest BCUT2D eigenvalue weighted by Gasteiger charge is 2.20. The molecule has 3 rings (SSSR count). The molecule has 1 saturated heterocycles. The SMILES string of the molecule is O=C(NCC1CN(Cc2ccccc2)CCCO1)c1cn[nH]c1.O=CO. The summed E-state index contributed by atoms with van der Waals surface area (Å²) in [6.07, 6.45) is 4.13. The van der Waals surface area contributed by atoms with Gasteiger partial charge in [-0.15, -0.1) is 0 Å². The summed E-state index contributed by atoms with van der Waals surface area (Å²) < 4.78 is 5.86. The van der Waals surface area contributed by atoms with Crippen molar-refractivity contribution in [2.45, 2.75) is 19.1 Å². The predicted octanol–water partition coefficient (Wildman–Crippen LogP) is 1.13. The molecule has 0 bridgehead atoms. The number of hydrogen-bond acceptors (Lipinski definition) is 5. The average molecular weight is 360 g/mol. The van der Waals surface area contributed by atoms with Gasteiger partial charge in [-0.2, -0.15) is 5.10 Å². The summed E-state index contributed by atoms with van der Waals surface area (Å²) in [4.78, 5) is 22.7. The van der Waals surface area contributed by atoms with Gasteiger partial charge in [0.25, 0.3) is 12.4 Å². The molecule has 3 N–H and O–H groups in total. The second kappa shape index (κ2) is 11.0. The first-order valence-corrected chi connectivity index (χ1v) is 8.45. The number of H-pyrrole nitrogens is 1. The van der Waals surface area contributed by atoms with E-state index in [2.05, 4.69) is 44.7 Å². The third-order valence-corrected chi connectivity index (χ3v) is 3.93. The molecule has 8 nitrogen and oxygen atoms in total. The molecular formula is C18H24N4O4. The van der Waals surface area contributed by atoms with Crippen molar-refractivity contribution in [1.29, 1.82) is 0 Å². The van der Waals surface area contributed by atoms with Gasteiger partial charge in [-0.25, -0.2) is 0 Å². The van der Waals surface area contributed by atoms with E-state index in [1.165, 1.54) is 11.8 Å². The summed E-state index contributed by atoms with van der Waals surface area (Å²) in [5.41, 5.74) is 1.84. The Morgan fingerprint density at radius 3 is 2.88 bits per heavy atom. The lowest BCUT2D eigenvalue weighted by Gasteiger charge is -2.24. The van der Waals surface area contributed by atoms with Crippen molar-refractivity contribution in [2.24, 2.45) is 0 Å². The molecule has 2 heterocycles. The minimum atomic E-state index is -0.250. The number of aromatic amines is 1. The smallest absolute Gasteiger partial charge is 0.290 e. The zero-order valence-corrected chi connectivity index (χ0v) is 14.5. The number of rotatable bonds is 5. The highest BCUT2D eigenvalue weighted by atomic mass is 16.5. The van der Waals surface area contributed by atoms with E-state index in [1.54, 1.807) is 6.20 Å². The normalized spacial score (nSPS) is 17.5. The van der Waals surface area contributed by atoms with Gasteiger partial charge in [0.05, 0.1) is 17.9 Å². The minimum Gasteiger partial charge on any atom is -0.483 e. The Morgan fingerprint density at radius 1 is 1.42 bits per heavy atom. The van der Waals surface area contributed by atoms with Crippen molar-refractivity contribution in [3.05, 3.63) is 53.9 Å². The van der Waals surface area contributed by atoms with Crippen LogP contribution in [-0.4, -0.2) is 64.9 Å². The third-order valence-electron chi connectivity index (χ3n) is 3.93. The Morgan fingerprint density at radius 2 is 2.19 bits per heavy atom. The van der Waals surface area contributed by atoms with Crippen LogP contribution in [0, 0.1) is 0 Å². The van der Waals surface area contributed by atoms with E-state index in [0.717, 1.165) is 32.7 Å². The molecule has 1 aliphatic rings. The van der Waals surface area contributed by atoms with Gasteiger partial charge in [-0.05, 0) is 12.0 Å². The van der Waals surface area contributed by atoms with Gasteiger partial charge in [-0.1, -0.05) is 30.3 Å². The van der Waals surface area contributed by atoms with E-state index >= 15 is 0 Å². The van der Waals surface area contributed by atoms with Gasteiger partial charge in [-0.3, -0.25) is 19.6 Å². The molecule has 0 spiro atoms. The molecule has 1 unspecified atom stereocenters. The Balaban J connectivity index is 0.000000758. The van der Waals surface area contributed by atoms with Crippen LogP contribution in [0.2, 0.25) is 0 Å². The Hall–Kier alpha value is -2.71. The van der Waals surface area contributed by atoms with E-state index in [4.69, 9.17) is 14.6 Å². The van der Waals surface area contributed by atoms with Crippen LogP contribution in [0.1, 0.15) is 22.3 Å². The molecule has 1 aromatic carbocycles. The number of carbonyl (C=O) groups is 2. The van der Waals surface area contributed by atoms with Crippen LogP contribution >= 0.6 is 0 Å². The van der Waals surface area contributed by atoms with Crippen LogP contribution in [0.5, 0.6) is 0 Å². The molecule has 2 aromatic rings. The Bertz CT molecular complexity index is 648. The monoisotopic (exact) mass is 360 g/mol. The highest BCUT2D eigenvalue weighted by Crippen LogP contribution is 2.10. The average Bonchev–Trinajstić information content (AvgIpc) is 3.10. The van der Waals surface area contributed by atoms with Crippen LogP contribution in [0.15, 0.2) is 42.7 Å². The van der Waals surface area contributed by atoms with Crippen molar-refractivity contribution >= 4 is 12.4 Å². The zero-order valence-electron chi connectivity index (χ0n) is 14.5. The first kappa shape index (κ1) is 19.6. The van der Waals surface area contributed by atoms with Crippen LogP contribution in [-0.2, 0) is 16.1 Å². The van der Waals surface area contributed by atoms with Crippen LogP contribution in [0.25, 0.3) is 0 Å². The van der Waals surface area contributed by atoms with Gasteiger partial charge >= 0.3 is 0 Å². The van der Waals surface area contributed by atoms with Crippen LogP contribution in [0.4, 0.5) is 0 Å². The zero-order chi connectivity index (χ0) is 18.6. The summed E-state index contributed by atoms with van der Waals surface area (Å²) in [5, 5.41) is 16.2. The van der Waals surface area contributed by atoms with Crippen LogP contribution < -0.4 is 5.32 Å². The molecule has 1 fully saturated rings. The Kier molecular flexibility index (Phi) is 8.31. The quantitative estimate of drug-likeness (QED) is 0.690. The van der Waals surface area contributed by atoms with Gasteiger partial charge in [0, 0.05) is 39.0 Å². The van der Waals surface area contributed by atoms with E-state index in [-0.39, 0.29) is 18.5 Å². The van der Waals surface area contributed by atoms with E-state index in [9.17, 15) is 4.79 Å². The molecule has 1 amide bonds. The predicted molar refractivity (Wildman–Crippen MR) is 95.7 cm³/mol. The molecule has 8 heteroatoms. The van der Waals surface area contributed by atoms with Crippen LogP contribution in [0.3, 0.4) is 0 Å². The van der Waals surface area contributed by atoms with Crippen molar-refractivity contribution < 1.29 is 19.4 Å². The topological polar surface area (TPSA) is 108 Å². The summed E-state index contributed by atoms with van der Waals surface area (Å²) in [5.74, 6) is -0.124. The van der Waals surface area contributed by atoms with Gasteiger partial charge in [0.15, 0.2) is 0 Å². The first-order chi connectivity index (χ1) is 12.7. The molecule has 1 aliphatic heterocycles. The van der Waals surface area contributed by atoms with Crippen molar-refractivity contribution in [3.8, 4) is 0 Å². The number of nitrogens with zero attached hydrogens (tertiary/aromatic N) is 2. The molecule has 0 aliphatic carbocycles. The fourth-order valence-corrected chi connectivity index (χ4v) is 2.76. The maximum Gasteiger partial charge on any atom is 0.290 e. The third kappa shape index (κ3) is 6.66. The van der Waals surface area contributed by atoms with E-state index in [1.807, 2.05) is 6.07 Å². The van der Waals surface area contributed by atoms with Crippen molar-refractivity contribution in [2.75, 3.05) is 26.2 Å². The summed E-state index contributed by atoms with van der Waals surface area (Å²) >= 11 is 0. The molecule has 26 heavy (non-hydrogen) atoms. The minimum absolute atomic E-state index is 0.0112. The lowest BCUT2D eigenvalue weighted by Crippen LogP contribution is -2.39. The largest absolute Gasteiger partial charge is 0.483 e. The number of benzene rings is 1. The number of carboxylic acid groups (broad SMARTS) is 1. The number of hydrogen-bond donors (Lipinski definition) is 3. The van der Waals surface area contributed by atoms with Gasteiger partial charge < -0.3 is 15.2 Å². The highest BCUT2D eigenvalue weighted by molar-refractivity contribution is 5.93. The number of ether oxygens (including phenoxy) is 1. The summed E-state index contributed by atoms with van der Waals surface area (Å²) in [6.45, 7) is 3.74. The first-order valence-electron chi connectivity index (χ1n) is 8.45. The fraction of sp³-hybridized carbons (Fsp3) is 0.389. The fourth-order valence-electron chi connectivity index (χ4n) is 2.76. The second-order valence-corrected chi connectivity index (χ2v) is 5.87. The van der Waals surface area contributed by atoms with E-state index in [0.29, 0.717) is 12.1 Å². The van der Waals surface area contributed by atoms with Gasteiger partial charge in [0.1, 0.15) is 0 Å². The standard InChI is InChI=1S/C17H22N4O2.CH2O2/c22-17(15-9-19-20-10-15)18-11-16-13-21(7-4-8-23-16)12-14-5-2-1-3-6-14;2-1-3/h1-3,5-6,9-10,16H,4,7-8,11-13H2,(H,18,22)(H,19,20);1H,(H,2,3). The lowest BCUT2D eigenvalue weighted by atomic mass is 10.2. The summed E-state index contributed by atoms with van der Waals surface area (Å²) in [6, 6.07) is 10.4. The molecular weight excluding hydrogens is 336 g/mol. The van der Waals surface area contributed by atoms with Gasteiger partial charge in [0.2, 0.25) is 0 Å². The lowest BCUT2D eigenvalue weighted by molar-refractivity contribution is -0.122. The molecule has 1 atom stereocenters.